The van der Waals surface area contributed by atoms with Crippen LogP contribution in [0.4, 0.5) is 18.9 Å². The van der Waals surface area contributed by atoms with Crippen molar-refractivity contribution < 1.29 is 29.2 Å². The summed E-state index contributed by atoms with van der Waals surface area (Å²) in [4.78, 5) is 19.0. The number of fused-ring (bicyclic) bond motifs is 1. The number of carbonyl (C=O) groups excluding carboxylic acids is 1. The highest BCUT2D eigenvalue weighted by Crippen LogP contribution is 2.35. The lowest BCUT2D eigenvalue weighted by molar-refractivity contribution is -0.145. The normalized spacial score (nSPS) is 21.9. The molecule has 1 amide bonds. The van der Waals surface area contributed by atoms with Crippen molar-refractivity contribution in [2.24, 2.45) is 5.92 Å². The number of aromatic nitrogens is 4. The van der Waals surface area contributed by atoms with E-state index in [2.05, 4.69) is 20.4 Å². The molecule has 8 nitrogen and oxygen atoms in total. The van der Waals surface area contributed by atoms with Crippen molar-refractivity contribution in [2.75, 3.05) is 19.0 Å². The summed E-state index contributed by atoms with van der Waals surface area (Å²) in [6.45, 7) is 0.105. The molecule has 1 aromatic carbocycles. The van der Waals surface area contributed by atoms with Gasteiger partial charge < -0.3 is 15.2 Å². The van der Waals surface area contributed by atoms with E-state index in [1.54, 1.807) is 23.0 Å². The number of hydrogen-bond acceptors (Lipinski definition) is 6. The summed E-state index contributed by atoms with van der Waals surface area (Å²) in [6, 6.07) is 3.31. The third-order valence-corrected chi connectivity index (χ3v) is 5.48. The maximum Gasteiger partial charge on any atom is 0.451 e. The Morgan fingerprint density at radius 3 is 2.75 bits per heavy atom. The topological polar surface area (TPSA) is 102 Å². The van der Waals surface area contributed by atoms with E-state index in [0.717, 1.165) is 25.1 Å². The van der Waals surface area contributed by atoms with Crippen molar-refractivity contribution >= 4 is 22.5 Å². The van der Waals surface area contributed by atoms with Crippen LogP contribution in [0.3, 0.4) is 0 Å². The number of anilines is 1. The van der Waals surface area contributed by atoms with Gasteiger partial charge in [0.25, 0.3) is 5.91 Å². The molecule has 2 heterocycles. The van der Waals surface area contributed by atoms with E-state index in [0.29, 0.717) is 23.7 Å². The number of benzene rings is 1. The lowest BCUT2D eigenvalue weighted by atomic mass is 9.87. The molecular formula is C21H22F3N5O3. The van der Waals surface area contributed by atoms with E-state index >= 15 is 0 Å². The highest BCUT2D eigenvalue weighted by atomic mass is 19.4. The quantitative estimate of drug-likeness (QED) is 0.613. The first-order valence-electron chi connectivity index (χ1n) is 10.5. The number of nitrogens with zero attached hydrogens (tertiary/aromatic N) is 4. The lowest BCUT2D eigenvalue weighted by Crippen LogP contribution is -2.20. The number of nitrogens with one attached hydrogen (secondary N) is 1. The van der Waals surface area contributed by atoms with Gasteiger partial charge in [0.05, 0.1) is 25.7 Å². The molecule has 0 spiro atoms. The zero-order valence-corrected chi connectivity index (χ0v) is 17.2. The Morgan fingerprint density at radius 1 is 1.34 bits per heavy atom. The van der Waals surface area contributed by atoms with Crippen LogP contribution in [0.25, 0.3) is 10.9 Å². The van der Waals surface area contributed by atoms with Crippen LogP contribution < -0.4 is 10.1 Å². The Morgan fingerprint density at radius 2 is 2.09 bits per heavy atom. The van der Waals surface area contributed by atoms with Crippen molar-refractivity contribution in [3.05, 3.63) is 42.1 Å². The van der Waals surface area contributed by atoms with Gasteiger partial charge in [0, 0.05) is 30.5 Å². The Kier molecular flexibility index (Phi) is 5.64. The van der Waals surface area contributed by atoms with E-state index in [4.69, 9.17) is 6.11 Å². The van der Waals surface area contributed by atoms with Crippen LogP contribution in [0.5, 0.6) is 5.75 Å². The number of aliphatic hydroxyl groups excluding tert-OH is 1. The number of halogens is 3. The van der Waals surface area contributed by atoms with Gasteiger partial charge in [0.15, 0.2) is 0 Å². The Bertz CT molecular complexity index is 1180. The first kappa shape index (κ1) is 20.7. The molecule has 11 heteroatoms. The number of rotatable bonds is 5. The van der Waals surface area contributed by atoms with Crippen molar-refractivity contribution in [2.45, 2.75) is 37.9 Å². The smallest absolute Gasteiger partial charge is 0.451 e. The molecule has 1 saturated carbocycles. The Balaban J connectivity index is 1.62. The highest BCUT2D eigenvalue weighted by molar-refractivity contribution is 6.05. The van der Waals surface area contributed by atoms with Crippen LogP contribution in [-0.4, -0.2) is 44.5 Å². The molecule has 0 unspecified atom stereocenters. The van der Waals surface area contributed by atoms with Gasteiger partial charge in [0.2, 0.25) is 5.82 Å². The van der Waals surface area contributed by atoms with Gasteiger partial charge in [-0.3, -0.25) is 9.48 Å². The molecule has 0 aliphatic heterocycles. The summed E-state index contributed by atoms with van der Waals surface area (Å²) < 4.78 is 54.3. The molecule has 1 aliphatic rings. The van der Waals surface area contributed by atoms with Crippen molar-refractivity contribution in [3.8, 4) is 5.75 Å². The third kappa shape index (κ3) is 4.52. The Hall–Kier alpha value is -3.21. The summed E-state index contributed by atoms with van der Waals surface area (Å²) in [5.74, 6) is -1.81. The average molecular weight is 450 g/mol. The maximum atomic E-state index is 12.9. The largest absolute Gasteiger partial charge is 0.494 e. The number of amides is 1. The van der Waals surface area contributed by atoms with Gasteiger partial charge in [-0.25, -0.2) is 9.97 Å². The molecule has 0 atom stereocenters. The predicted octanol–water partition coefficient (Wildman–Crippen LogP) is 3.83. The van der Waals surface area contributed by atoms with Gasteiger partial charge in [-0.2, -0.15) is 18.3 Å². The monoisotopic (exact) mass is 450 g/mol. The second kappa shape index (κ2) is 8.73. The second-order valence-corrected chi connectivity index (χ2v) is 7.59. The minimum absolute atomic E-state index is 0.105. The van der Waals surface area contributed by atoms with Crippen LogP contribution in [0.15, 0.2) is 30.6 Å². The van der Waals surface area contributed by atoms with E-state index in [9.17, 15) is 23.1 Å². The van der Waals surface area contributed by atoms with Crippen molar-refractivity contribution in [1.82, 2.24) is 19.7 Å². The summed E-state index contributed by atoms with van der Waals surface area (Å²) >= 11 is 0. The summed E-state index contributed by atoms with van der Waals surface area (Å²) in [7, 11) is 1.39. The Labute approximate surface area is 182 Å². The number of methoxy groups -OCH3 is 1. The number of aliphatic hydroxyl groups is 1. The first-order valence-corrected chi connectivity index (χ1v) is 10.0. The summed E-state index contributed by atoms with van der Waals surface area (Å²) in [6.07, 6.45) is 0.325. The van der Waals surface area contributed by atoms with Crippen LogP contribution >= 0.6 is 0 Å². The molecular weight excluding hydrogens is 427 g/mol. The van der Waals surface area contributed by atoms with Gasteiger partial charge in [-0.15, -0.1) is 0 Å². The van der Waals surface area contributed by atoms with Gasteiger partial charge in [0.1, 0.15) is 11.4 Å². The van der Waals surface area contributed by atoms with E-state index in [1.165, 1.54) is 7.11 Å². The zero-order chi connectivity index (χ0) is 23.8. The fraction of sp³-hybridized carbons (Fsp3) is 0.429. The molecule has 2 aromatic heterocycles. The van der Waals surface area contributed by atoms with Crippen molar-refractivity contribution in [1.29, 1.82) is 0 Å². The van der Waals surface area contributed by atoms with E-state index in [1.807, 2.05) is 0 Å². The van der Waals surface area contributed by atoms with Gasteiger partial charge >= 0.3 is 6.18 Å². The minimum Gasteiger partial charge on any atom is -0.494 e. The highest BCUT2D eigenvalue weighted by Gasteiger charge is 2.35. The number of ether oxygens (including phenoxy) is 1. The lowest BCUT2D eigenvalue weighted by Gasteiger charge is -2.27. The van der Waals surface area contributed by atoms with Crippen molar-refractivity contribution in [3.63, 3.8) is 0 Å². The van der Waals surface area contributed by atoms with Crippen LogP contribution in [-0.2, 0) is 6.18 Å². The summed E-state index contributed by atoms with van der Waals surface area (Å²) in [5.41, 5.74) is 0.327. The first-order chi connectivity index (χ1) is 15.6. The number of hydrogen-bond donors (Lipinski definition) is 2. The molecule has 1 fully saturated rings. The zero-order valence-electron chi connectivity index (χ0n) is 18.2. The number of alkyl halides is 3. The van der Waals surface area contributed by atoms with Crippen LogP contribution in [0, 0.1) is 5.92 Å². The maximum absolute atomic E-state index is 12.9. The molecule has 0 bridgehead atoms. The van der Waals surface area contributed by atoms with Gasteiger partial charge in [-0.05, 0) is 43.7 Å². The standard InChI is InChI=1S/C21H22F3N5O3/c1-32-18-9-16-13(10-29(28-16)14-4-2-12(11-30)3-5-14)8-17(18)26-19(31)15-6-7-25-20(27-15)21(22,23)24/h6-10,12,14,30H,2-5,11H2,1H3,(H,26,31)/i14D. The molecule has 32 heavy (non-hydrogen) atoms. The molecule has 3 aromatic rings. The number of carbonyl (C=O) groups is 1. The molecule has 170 valence electrons. The van der Waals surface area contributed by atoms with E-state index in [-0.39, 0.29) is 24.0 Å². The molecule has 1 aliphatic carbocycles. The third-order valence-electron chi connectivity index (χ3n) is 5.48. The van der Waals surface area contributed by atoms with Crippen LogP contribution in [0.2, 0.25) is 0 Å². The fourth-order valence-electron chi connectivity index (χ4n) is 3.71. The molecule has 2 N–H and O–H groups in total. The van der Waals surface area contributed by atoms with E-state index < -0.39 is 29.6 Å². The average Bonchev–Trinajstić information content (AvgIpc) is 3.22. The second-order valence-electron chi connectivity index (χ2n) is 7.59. The summed E-state index contributed by atoms with van der Waals surface area (Å²) in [5, 5.41) is 17.0. The molecule has 4 rings (SSSR count). The minimum atomic E-state index is -4.77. The SMILES string of the molecule is [2H]C1(n2cc3cc(NC(=O)c4ccnc(C(F)(F)F)n4)c(OC)cc3n2)CCC(CO)CC1. The predicted molar refractivity (Wildman–Crippen MR) is 109 cm³/mol. The molecule has 0 saturated heterocycles. The molecule has 0 radical (unpaired) electrons. The van der Waals surface area contributed by atoms with Gasteiger partial charge in [-0.1, -0.05) is 0 Å². The van der Waals surface area contributed by atoms with Crippen LogP contribution in [0.1, 0.15) is 49.4 Å². The fourth-order valence-corrected chi connectivity index (χ4v) is 3.71.